The number of benzene rings is 1. The summed E-state index contributed by atoms with van der Waals surface area (Å²) in [5.41, 5.74) is 1.34. The molecule has 0 saturated heterocycles. The fourth-order valence-corrected chi connectivity index (χ4v) is 2.23. The fraction of sp³-hybridized carbons (Fsp3) is 0.312. The summed E-state index contributed by atoms with van der Waals surface area (Å²) in [7, 11) is 2.14. The van der Waals surface area contributed by atoms with E-state index in [1.165, 1.54) is 5.56 Å². The van der Waals surface area contributed by atoms with Crippen LogP contribution in [0.3, 0.4) is 0 Å². The maximum Gasteiger partial charge on any atom is 0.144 e. The van der Waals surface area contributed by atoms with Crippen molar-refractivity contribution in [2.75, 3.05) is 25.5 Å². The van der Waals surface area contributed by atoms with Gasteiger partial charge in [-0.2, -0.15) is 0 Å². The minimum atomic E-state index is 0.671. The van der Waals surface area contributed by atoms with Gasteiger partial charge in [-0.25, -0.2) is 4.98 Å². The molecular formula is C16H20ClN3. The summed E-state index contributed by atoms with van der Waals surface area (Å²) in [5.74, 6) is 0.764. The van der Waals surface area contributed by atoms with Crippen molar-refractivity contribution in [1.29, 1.82) is 0 Å². The Hall–Kier alpha value is -1.58. The second-order valence-electron chi connectivity index (χ2n) is 4.84. The third kappa shape index (κ3) is 4.83. The van der Waals surface area contributed by atoms with Gasteiger partial charge in [0.2, 0.25) is 0 Å². The van der Waals surface area contributed by atoms with E-state index in [0.717, 1.165) is 31.9 Å². The van der Waals surface area contributed by atoms with E-state index in [4.69, 9.17) is 11.6 Å². The van der Waals surface area contributed by atoms with E-state index in [2.05, 4.69) is 46.5 Å². The molecule has 0 saturated carbocycles. The molecule has 1 N–H and O–H groups in total. The highest BCUT2D eigenvalue weighted by atomic mass is 35.5. The van der Waals surface area contributed by atoms with Crippen LogP contribution in [-0.2, 0) is 6.54 Å². The first kappa shape index (κ1) is 14.8. The molecule has 1 aromatic carbocycles. The summed E-state index contributed by atoms with van der Waals surface area (Å²) in [5, 5.41) is 3.93. The first-order valence-corrected chi connectivity index (χ1v) is 7.20. The van der Waals surface area contributed by atoms with Crippen LogP contribution in [0.2, 0.25) is 5.02 Å². The van der Waals surface area contributed by atoms with E-state index in [1.807, 2.05) is 18.2 Å². The van der Waals surface area contributed by atoms with Crippen LogP contribution in [0.5, 0.6) is 0 Å². The van der Waals surface area contributed by atoms with E-state index in [9.17, 15) is 0 Å². The van der Waals surface area contributed by atoms with Gasteiger partial charge in [0.15, 0.2) is 0 Å². The summed E-state index contributed by atoms with van der Waals surface area (Å²) in [6, 6.07) is 14.2. The van der Waals surface area contributed by atoms with Gasteiger partial charge in [0.05, 0.1) is 5.02 Å². The molecule has 106 valence electrons. The minimum absolute atomic E-state index is 0.671. The zero-order chi connectivity index (χ0) is 14.2. The van der Waals surface area contributed by atoms with Crippen molar-refractivity contribution in [3.63, 3.8) is 0 Å². The molecule has 0 aliphatic heterocycles. The van der Waals surface area contributed by atoms with Crippen LogP contribution in [0.25, 0.3) is 0 Å². The molecule has 0 spiro atoms. The van der Waals surface area contributed by atoms with Crippen LogP contribution in [0.1, 0.15) is 12.0 Å². The zero-order valence-electron chi connectivity index (χ0n) is 11.7. The molecule has 2 rings (SSSR count). The van der Waals surface area contributed by atoms with Crippen molar-refractivity contribution in [3.8, 4) is 0 Å². The van der Waals surface area contributed by atoms with Crippen molar-refractivity contribution in [3.05, 3.63) is 59.2 Å². The average Bonchev–Trinajstić information content (AvgIpc) is 2.46. The van der Waals surface area contributed by atoms with Crippen LogP contribution in [0.15, 0.2) is 48.7 Å². The molecule has 1 heterocycles. The molecule has 0 aliphatic carbocycles. The molecule has 0 fully saturated rings. The molecule has 0 aliphatic rings. The first-order valence-electron chi connectivity index (χ1n) is 6.82. The van der Waals surface area contributed by atoms with Crippen molar-refractivity contribution in [1.82, 2.24) is 9.88 Å². The average molecular weight is 290 g/mol. The molecule has 0 bridgehead atoms. The number of anilines is 1. The van der Waals surface area contributed by atoms with Crippen LogP contribution < -0.4 is 5.32 Å². The maximum absolute atomic E-state index is 6.04. The van der Waals surface area contributed by atoms with E-state index >= 15 is 0 Å². The SMILES string of the molecule is CN(CCCNc1ncccc1Cl)Cc1ccccc1. The van der Waals surface area contributed by atoms with Crippen LogP contribution in [0.4, 0.5) is 5.82 Å². The minimum Gasteiger partial charge on any atom is -0.369 e. The molecule has 4 heteroatoms. The standard InChI is InChI=1S/C16H20ClN3/c1-20(13-14-7-3-2-4-8-14)12-6-11-19-16-15(17)9-5-10-18-16/h2-5,7-10H,6,11-13H2,1H3,(H,18,19). The lowest BCUT2D eigenvalue weighted by Crippen LogP contribution is -2.21. The lowest BCUT2D eigenvalue weighted by atomic mass is 10.2. The molecule has 2 aromatic rings. The fourth-order valence-electron chi connectivity index (χ4n) is 2.05. The number of rotatable bonds is 7. The third-order valence-corrected chi connectivity index (χ3v) is 3.37. The Morgan fingerprint density at radius 3 is 2.70 bits per heavy atom. The van der Waals surface area contributed by atoms with Crippen molar-refractivity contribution in [2.45, 2.75) is 13.0 Å². The van der Waals surface area contributed by atoms with E-state index in [-0.39, 0.29) is 0 Å². The largest absolute Gasteiger partial charge is 0.369 e. The second kappa shape index (κ2) is 7.88. The van der Waals surface area contributed by atoms with Gasteiger partial charge in [-0.15, -0.1) is 0 Å². The number of hydrogen-bond donors (Lipinski definition) is 1. The van der Waals surface area contributed by atoms with Crippen LogP contribution in [-0.4, -0.2) is 30.0 Å². The number of aromatic nitrogens is 1. The summed E-state index contributed by atoms with van der Waals surface area (Å²) < 4.78 is 0. The Balaban J connectivity index is 1.67. The molecule has 0 radical (unpaired) electrons. The molecule has 0 amide bonds. The van der Waals surface area contributed by atoms with Crippen molar-refractivity contribution in [2.24, 2.45) is 0 Å². The zero-order valence-corrected chi connectivity index (χ0v) is 12.5. The summed E-state index contributed by atoms with van der Waals surface area (Å²) >= 11 is 6.04. The number of halogens is 1. The highest BCUT2D eigenvalue weighted by molar-refractivity contribution is 6.32. The van der Waals surface area contributed by atoms with Crippen LogP contribution in [0, 0.1) is 0 Å². The Labute approximate surface area is 125 Å². The Bertz CT molecular complexity index is 516. The molecule has 0 atom stereocenters. The molecule has 0 unspecified atom stereocenters. The smallest absolute Gasteiger partial charge is 0.144 e. The molecule has 3 nitrogen and oxygen atoms in total. The highest BCUT2D eigenvalue weighted by Gasteiger charge is 2.01. The van der Waals surface area contributed by atoms with E-state index < -0.39 is 0 Å². The molecule has 1 aromatic heterocycles. The molecule has 20 heavy (non-hydrogen) atoms. The first-order chi connectivity index (χ1) is 9.75. The quantitative estimate of drug-likeness (QED) is 0.788. The summed E-state index contributed by atoms with van der Waals surface area (Å²) in [6.07, 6.45) is 2.80. The number of pyridine rings is 1. The summed E-state index contributed by atoms with van der Waals surface area (Å²) in [4.78, 5) is 6.52. The second-order valence-corrected chi connectivity index (χ2v) is 5.24. The van der Waals surface area contributed by atoms with Crippen molar-refractivity contribution >= 4 is 17.4 Å². The van der Waals surface area contributed by atoms with Crippen molar-refractivity contribution < 1.29 is 0 Å². The normalized spacial score (nSPS) is 10.8. The van der Waals surface area contributed by atoms with Gasteiger partial charge in [0.1, 0.15) is 5.82 Å². The predicted octanol–water partition coefficient (Wildman–Crippen LogP) is 3.67. The van der Waals surface area contributed by atoms with E-state index in [1.54, 1.807) is 6.20 Å². The third-order valence-electron chi connectivity index (χ3n) is 3.06. The van der Waals surface area contributed by atoms with Gasteiger partial charge in [-0.3, -0.25) is 0 Å². The Morgan fingerprint density at radius 1 is 1.15 bits per heavy atom. The van der Waals surface area contributed by atoms with Gasteiger partial charge in [0.25, 0.3) is 0 Å². The van der Waals surface area contributed by atoms with Gasteiger partial charge in [-0.05, 0) is 37.7 Å². The lowest BCUT2D eigenvalue weighted by Gasteiger charge is -2.17. The van der Waals surface area contributed by atoms with Gasteiger partial charge >= 0.3 is 0 Å². The predicted molar refractivity (Wildman–Crippen MR) is 85.1 cm³/mol. The van der Waals surface area contributed by atoms with Gasteiger partial charge in [-0.1, -0.05) is 41.9 Å². The van der Waals surface area contributed by atoms with Gasteiger partial charge in [0, 0.05) is 19.3 Å². The van der Waals surface area contributed by atoms with Gasteiger partial charge < -0.3 is 10.2 Å². The van der Waals surface area contributed by atoms with Crippen LogP contribution >= 0.6 is 11.6 Å². The number of hydrogen-bond acceptors (Lipinski definition) is 3. The summed E-state index contributed by atoms with van der Waals surface area (Å²) in [6.45, 7) is 2.88. The number of nitrogens with one attached hydrogen (secondary N) is 1. The topological polar surface area (TPSA) is 28.2 Å². The lowest BCUT2D eigenvalue weighted by molar-refractivity contribution is 0.325. The van der Waals surface area contributed by atoms with E-state index in [0.29, 0.717) is 5.02 Å². The maximum atomic E-state index is 6.04. The Kier molecular flexibility index (Phi) is 5.84. The Morgan fingerprint density at radius 2 is 1.95 bits per heavy atom. The molecular weight excluding hydrogens is 270 g/mol. The number of nitrogens with zero attached hydrogens (tertiary/aromatic N) is 2. The highest BCUT2D eigenvalue weighted by Crippen LogP contribution is 2.16. The monoisotopic (exact) mass is 289 g/mol.